The lowest BCUT2D eigenvalue weighted by molar-refractivity contribution is 0.565. The predicted octanol–water partition coefficient (Wildman–Crippen LogP) is 5.16. The van der Waals surface area contributed by atoms with Crippen LogP contribution >= 0.6 is 27.7 Å². The van der Waals surface area contributed by atoms with Gasteiger partial charge in [0.05, 0.1) is 0 Å². The maximum absolute atomic E-state index is 13.7. The third-order valence-electron chi connectivity index (χ3n) is 3.13. The summed E-state index contributed by atoms with van der Waals surface area (Å²) in [5, 5.41) is 0. The second-order valence-corrected chi connectivity index (χ2v) is 6.75. The summed E-state index contributed by atoms with van der Waals surface area (Å²) in [6.07, 6.45) is 1.74. The molecule has 0 saturated heterocycles. The molecule has 0 fully saturated rings. The number of rotatable bonds is 5. The highest BCUT2D eigenvalue weighted by Gasteiger charge is 2.10. The van der Waals surface area contributed by atoms with E-state index in [1.165, 1.54) is 23.9 Å². The Balaban J connectivity index is 2.17. The van der Waals surface area contributed by atoms with Gasteiger partial charge in [0.1, 0.15) is 11.6 Å². The van der Waals surface area contributed by atoms with Crippen molar-refractivity contribution < 1.29 is 8.78 Å². The van der Waals surface area contributed by atoms with Gasteiger partial charge in [-0.15, -0.1) is 0 Å². The second-order valence-electron chi connectivity index (χ2n) is 4.81. The van der Waals surface area contributed by atoms with Crippen molar-refractivity contribution in [1.29, 1.82) is 0 Å². The zero-order chi connectivity index (χ0) is 15.4. The van der Waals surface area contributed by atoms with E-state index in [0.717, 1.165) is 33.8 Å². The van der Waals surface area contributed by atoms with E-state index in [-0.39, 0.29) is 6.04 Å². The Hall–Kier alpha value is -0.910. The Morgan fingerprint density at radius 2 is 1.86 bits per heavy atom. The maximum Gasteiger partial charge on any atom is 0.140 e. The predicted molar refractivity (Wildman–Crippen MR) is 86.6 cm³/mol. The summed E-state index contributed by atoms with van der Waals surface area (Å²) in [7, 11) is 0. The number of benzene rings is 2. The molecule has 0 aromatic heterocycles. The Morgan fingerprint density at radius 3 is 2.48 bits per heavy atom. The van der Waals surface area contributed by atoms with Crippen LogP contribution < -0.4 is 5.73 Å². The third kappa shape index (κ3) is 4.53. The Labute approximate surface area is 136 Å². The molecule has 1 nitrogen and oxygen atoms in total. The Kier molecular flexibility index (Phi) is 5.79. The minimum atomic E-state index is -0.570. The molecule has 0 aliphatic rings. The second kappa shape index (κ2) is 7.38. The van der Waals surface area contributed by atoms with Gasteiger partial charge in [-0.05, 0) is 58.6 Å². The van der Waals surface area contributed by atoms with Crippen LogP contribution in [0.4, 0.5) is 8.78 Å². The summed E-state index contributed by atoms with van der Waals surface area (Å²) in [5.41, 5.74) is 7.08. The standard InChI is InChI=1S/C16H16BrF2NS/c1-2-12(20)7-10-3-5-15(13(17)8-10)21-16-6-4-11(18)9-14(16)19/h3-6,8-9,12H,2,7,20H2,1H3. The van der Waals surface area contributed by atoms with E-state index in [4.69, 9.17) is 5.73 Å². The summed E-state index contributed by atoms with van der Waals surface area (Å²) in [5.74, 6) is -1.12. The number of hydrogen-bond acceptors (Lipinski definition) is 2. The first-order valence-electron chi connectivity index (χ1n) is 6.66. The van der Waals surface area contributed by atoms with Crippen LogP contribution in [0.25, 0.3) is 0 Å². The highest BCUT2D eigenvalue weighted by Crippen LogP contribution is 2.35. The van der Waals surface area contributed by atoms with E-state index < -0.39 is 11.6 Å². The molecule has 0 spiro atoms. The Bertz CT molecular complexity index is 634. The molecular weight excluding hydrogens is 356 g/mol. The summed E-state index contributed by atoms with van der Waals surface area (Å²) in [6.45, 7) is 2.06. The molecular formula is C16H16BrF2NS. The van der Waals surface area contributed by atoms with Crippen molar-refractivity contribution in [3.05, 3.63) is 58.1 Å². The SMILES string of the molecule is CCC(N)Cc1ccc(Sc2ccc(F)cc2F)c(Br)c1. The van der Waals surface area contributed by atoms with Gasteiger partial charge < -0.3 is 5.73 Å². The van der Waals surface area contributed by atoms with Crippen LogP contribution in [0.2, 0.25) is 0 Å². The van der Waals surface area contributed by atoms with Gasteiger partial charge in [0.15, 0.2) is 0 Å². The van der Waals surface area contributed by atoms with Gasteiger partial charge in [0, 0.05) is 26.4 Å². The van der Waals surface area contributed by atoms with Gasteiger partial charge in [0.25, 0.3) is 0 Å². The van der Waals surface area contributed by atoms with Crippen LogP contribution in [0.1, 0.15) is 18.9 Å². The van der Waals surface area contributed by atoms with Crippen molar-refractivity contribution in [2.45, 2.75) is 35.6 Å². The van der Waals surface area contributed by atoms with E-state index in [1.54, 1.807) is 0 Å². The van der Waals surface area contributed by atoms with Gasteiger partial charge in [-0.3, -0.25) is 0 Å². The molecule has 2 aromatic carbocycles. The van der Waals surface area contributed by atoms with Gasteiger partial charge in [-0.2, -0.15) is 0 Å². The van der Waals surface area contributed by atoms with E-state index in [0.29, 0.717) is 4.90 Å². The summed E-state index contributed by atoms with van der Waals surface area (Å²) in [4.78, 5) is 1.28. The average Bonchev–Trinajstić information content (AvgIpc) is 2.44. The molecule has 1 unspecified atom stereocenters. The van der Waals surface area contributed by atoms with Crippen LogP contribution in [0.5, 0.6) is 0 Å². The highest BCUT2D eigenvalue weighted by molar-refractivity contribution is 9.10. The lowest BCUT2D eigenvalue weighted by atomic mass is 10.1. The molecule has 0 heterocycles. The molecule has 0 aliphatic heterocycles. The summed E-state index contributed by atoms with van der Waals surface area (Å²) >= 11 is 4.76. The Morgan fingerprint density at radius 1 is 1.14 bits per heavy atom. The van der Waals surface area contributed by atoms with Crippen LogP contribution in [0.3, 0.4) is 0 Å². The van der Waals surface area contributed by atoms with Crippen LogP contribution in [0, 0.1) is 11.6 Å². The molecule has 21 heavy (non-hydrogen) atoms. The molecule has 5 heteroatoms. The molecule has 2 N–H and O–H groups in total. The molecule has 0 saturated carbocycles. The zero-order valence-corrected chi connectivity index (χ0v) is 14.0. The number of nitrogens with two attached hydrogens (primary N) is 1. The first-order chi connectivity index (χ1) is 9.99. The van der Waals surface area contributed by atoms with Gasteiger partial charge >= 0.3 is 0 Å². The van der Waals surface area contributed by atoms with E-state index in [9.17, 15) is 8.78 Å². The topological polar surface area (TPSA) is 26.0 Å². The zero-order valence-electron chi connectivity index (χ0n) is 11.6. The number of halogens is 3. The summed E-state index contributed by atoms with van der Waals surface area (Å²) < 4.78 is 27.5. The normalized spacial score (nSPS) is 12.4. The average molecular weight is 372 g/mol. The minimum Gasteiger partial charge on any atom is -0.327 e. The fraction of sp³-hybridized carbons (Fsp3) is 0.250. The van der Waals surface area contributed by atoms with Crippen LogP contribution in [-0.2, 0) is 6.42 Å². The highest BCUT2D eigenvalue weighted by atomic mass is 79.9. The van der Waals surface area contributed by atoms with Crippen molar-refractivity contribution in [1.82, 2.24) is 0 Å². The smallest absolute Gasteiger partial charge is 0.140 e. The van der Waals surface area contributed by atoms with Gasteiger partial charge in [0.2, 0.25) is 0 Å². The molecule has 0 radical (unpaired) electrons. The van der Waals surface area contributed by atoms with Gasteiger partial charge in [-0.25, -0.2) is 8.78 Å². The molecule has 2 aromatic rings. The first-order valence-corrected chi connectivity index (χ1v) is 8.27. The number of hydrogen-bond donors (Lipinski definition) is 1. The molecule has 0 aliphatic carbocycles. The molecule has 0 bridgehead atoms. The molecule has 2 rings (SSSR count). The molecule has 0 amide bonds. The molecule has 112 valence electrons. The van der Waals surface area contributed by atoms with Crippen molar-refractivity contribution in [2.24, 2.45) is 5.73 Å². The van der Waals surface area contributed by atoms with Gasteiger partial charge in [-0.1, -0.05) is 24.8 Å². The van der Waals surface area contributed by atoms with E-state index in [1.807, 2.05) is 18.2 Å². The van der Waals surface area contributed by atoms with Crippen LogP contribution in [0.15, 0.2) is 50.7 Å². The minimum absolute atomic E-state index is 0.143. The monoisotopic (exact) mass is 371 g/mol. The first kappa shape index (κ1) is 16.5. The fourth-order valence-corrected chi connectivity index (χ4v) is 3.37. The van der Waals surface area contributed by atoms with Crippen molar-refractivity contribution in [3.63, 3.8) is 0 Å². The lowest BCUT2D eigenvalue weighted by Gasteiger charge is -2.11. The van der Waals surface area contributed by atoms with Crippen LogP contribution in [-0.4, -0.2) is 6.04 Å². The van der Waals surface area contributed by atoms with Crippen molar-refractivity contribution >= 4 is 27.7 Å². The fourth-order valence-electron chi connectivity index (χ4n) is 1.88. The van der Waals surface area contributed by atoms with E-state index >= 15 is 0 Å². The molecule has 1 atom stereocenters. The third-order valence-corrected chi connectivity index (χ3v) is 5.18. The lowest BCUT2D eigenvalue weighted by Crippen LogP contribution is -2.21. The van der Waals surface area contributed by atoms with Crippen molar-refractivity contribution in [2.75, 3.05) is 0 Å². The largest absolute Gasteiger partial charge is 0.327 e. The maximum atomic E-state index is 13.7. The van der Waals surface area contributed by atoms with E-state index in [2.05, 4.69) is 22.9 Å². The van der Waals surface area contributed by atoms with Crippen molar-refractivity contribution in [3.8, 4) is 0 Å². The summed E-state index contributed by atoms with van der Waals surface area (Å²) in [6, 6.07) is 9.66. The quantitative estimate of drug-likeness (QED) is 0.785.